The normalized spacial score (nSPS) is 18.1. The SMILES string of the molecule is CCSC1=NCCC(=O)N1. The molecule has 10 heavy (non-hydrogen) atoms. The van der Waals surface area contributed by atoms with Gasteiger partial charge in [0.1, 0.15) is 0 Å². The number of carbonyl (C=O) groups excluding carboxylic acids is 1. The minimum Gasteiger partial charge on any atom is -0.305 e. The van der Waals surface area contributed by atoms with Crippen LogP contribution in [0.5, 0.6) is 0 Å². The average molecular weight is 158 g/mol. The van der Waals surface area contributed by atoms with Crippen LogP contribution in [0.2, 0.25) is 0 Å². The highest BCUT2D eigenvalue weighted by Gasteiger charge is 2.09. The van der Waals surface area contributed by atoms with E-state index in [-0.39, 0.29) is 5.91 Å². The third-order valence-electron chi connectivity index (χ3n) is 1.12. The second-order valence-electron chi connectivity index (χ2n) is 1.92. The maximum Gasteiger partial charge on any atom is 0.227 e. The van der Waals surface area contributed by atoms with E-state index in [9.17, 15) is 4.79 Å². The van der Waals surface area contributed by atoms with Gasteiger partial charge < -0.3 is 5.32 Å². The monoisotopic (exact) mass is 158 g/mol. The Hall–Kier alpha value is -0.510. The summed E-state index contributed by atoms with van der Waals surface area (Å²) in [4.78, 5) is 14.9. The molecule has 0 spiro atoms. The van der Waals surface area contributed by atoms with Crippen LogP contribution in [0.25, 0.3) is 0 Å². The molecule has 0 saturated carbocycles. The Balaban J connectivity index is 2.43. The summed E-state index contributed by atoms with van der Waals surface area (Å²) in [6.07, 6.45) is 0.535. The Bertz CT molecular complexity index is 167. The van der Waals surface area contributed by atoms with Crippen LogP contribution in [0.4, 0.5) is 0 Å². The average Bonchev–Trinajstić information content (AvgIpc) is 1.88. The van der Waals surface area contributed by atoms with E-state index in [2.05, 4.69) is 10.3 Å². The lowest BCUT2D eigenvalue weighted by Crippen LogP contribution is -2.32. The van der Waals surface area contributed by atoms with E-state index in [1.165, 1.54) is 0 Å². The van der Waals surface area contributed by atoms with Crippen molar-refractivity contribution in [2.75, 3.05) is 12.3 Å². The number of nitrogens with one attached hydrogen (secondary N) is 1. The van der Waals surface area contributed by atoms with Crippen molar-refractivity contribution in [2.24, 2.45) is 4.99 Å². The van der Waals surface area contributed by atoms with Gasteiger partial charge in [-0.25, -0.2) is 0 Å². The topological polar surface area (TPSA) is 41.5 Å². The number of hydrogen-bond acceptors (Lipinski definition) is 3. The molecule has 0 unspecified atom stereocenters. The summed E-state index contributed by atoms with van der Waals surface area (Å²) in [6, 6.07) is 0. The van der Waals surface area contributed by atoms with E-state index in [1.807, 2.05) is 6.92 Å². The Morgan fingerprint density at radius 2 is 2.60 bits per heavy atom. The number of aliphatic imine (C=N–C) groups is 1. The number of amides is 1. The van der Waals surface area contributed by atoms with E-state index in [0.29, 0.717) is 13.0 Å². The van der Waals surface area contributed by atoms with Gasteiger partial charge in [0, 0.05) is 6.42 Å². The van der Waals surface area contributed by atoms with Gasteiger partial charge in [-0.3, -0.25) is 9.79 Å². The fraction of sp³-hybridized carbons (Fsp3) is 0.667. The Kier molecular flexibility index (Phi) is 2.74. The zero-order chi connectivity index (χ0) is 7.40. The summed E-state index contributed by atoms with van der Waals surface area (Å²) in [6.45, 7) is 2.68. The van der Waals surface area contributed by atoms with Gasteiger partial charge in [0.25, 0.3) is 0 Å². The Morgan fingerprint density at radius 3 is 3.20 bits per heavy atom. The van der Waals surface area contributed by atoms with Crippen molar-refractivity contribution in [3.8, 4) is 0 Å². The first-order chi connectivity index (χ1) is 4.83. The first-order valence-electron chi connectivity index (χ1n) is 3.30. The summed E-state index contributed by atoms with van der Waals surface area (Å²) in [5.74, 6) is 1.05. The number of thioether (sulfide) groups is 1. The molecule has 1 aliphatic heterocycles. The molecule has 1 rings (SSSR count). The molecule has 3 nitrogen and oxygen atoms in total. The van der Waals surface area contributed by atoms with Gasteiger partial charge in [-0.2, -0.15) is 0 Å². The van der Waals surface area contributed by atoms with Gasteiger partial charge in [0.05, 0.1) is 6.54 Å². The molecule has 0 saturated heterocycles. The van der Waals surface area contributed by atoms with Crippen molar-refractivity contribution in [1.29, 1.82) is 0 Å². The third-order valence-corrected chi connectivity index (χ3v) is 1.91. The van der Waals surface area contributed by atoms with Crippen LogP contribution in [0.3, 0.4) is 0 Å². The smallest absolute Gasteiger partial charge is 0.227 e. The van der Waals surface area contributed by atoms with Crippen molar-refractivity contribution in [2.45, 2.75) is 13.3 Å². The molecule has 4 heteroatoms. The number of carbonyl (C=O) groups is 1. The molecule has 0 radical (unpaired) electrons. The molecule has 0 aromatic heterocycles. The second-order valence-corrected chi connectivity index (χ2v) is 3.17. The summed E-state index contributed by atoms with van der Waals surface area (Å²) in [5.41, 5.74) is 0. The lowest BCUT2D eigenvalue weighted by molar-refractivity contribution is -0.119. The van der Waals surface area contributed by atoms with Crippen LogP contribution in [-0.2, 0) is 4.79 Å². The van der Waals surface area contributed by atoms with Gasteiger partial charge in [-0.05, 0) is 5.75 Å². The van der Waals surface area contributed by atoms with Crippen molar-refractivity contribution in [1.82, 2.24) is 5.32 Å². The van der Waals surface area contributed by atoms with Gasteiger partial charge in [-0.15, -0.1) is 0 Å². The molecule has 1 amide bonds. The van der Waals surface area contributed by atoms with Crippen molar-refractivity contribution >= 4 is 22.8 Å². The largest absolute Gasteiger partial charge is 0.305 e. The van der Waals surface area contributed by atoms with Crippen molar-refractivity contribution in [3.63, 3.8) is 0 Å². The predicted octanol–water partition coefficient (Wildman–Crippen LogP) is 0.615. The van der Waals surface area contributed by atoms with Gasteiger partial charge in [-0.1, -0.05) is 18.7 Å². The molecule has 1 heterocycles. The molecule has 0 aromatic rings. The number of amidine groups is 1. The quantitative estimate of drug-likeness (QED) is 0.607. The van der Waals surface area contributed by atoms with Crippen LogP contribution >= 0.6 is 11.8 Å². The highest BCUT2D eigenvalue weighted by Crippen LogP contribution is 2.04. The fourth-order valence-electron chi connectivity index (χ4n) is 0.699. The molecule has 0 aromatic carbocycles. The highest BCUT2D eigenvalue weighted by molar-refractivity contribution is 8.13. The molecular formula is C6H10N2OS. The lowest BCUT2D eigenvalue weighted by Gasteiger charge is -2.10. The number of rotatable bonds is 1. The molecule has 0 bridgehead atoms. The molecule has 0 fully saturated rings. The molecule has 1 N–H and O–H groups in total. The van der Waals surface area contributed by atoms with E-state index < -0.39 is 0 Å². The zero-order valence-corrected chi connectivity index (χ0v) is 6.70. The third kappa shape index (κ3) is 2.02. The van der Waals surface area contributed by atoms with E-state index in [1.54, 1.807) is 11.8 Å². The maximum absolute atomic E-state index is 10.7. The van der Waals surface area contributed by atoms with Gasteiger partial charge in [0.2, 0.25) is 5.91 Å². The van der Waals surface area contributed by atoms with E-state index in [4.69, 9.17) is 0 Å². The minimum absolute atomic E-state index is 0.0888. The number of hydrogen-bond donors (Lipinski definition) is 1. The zero-order valence-electron chi connectivity index (χ0n) is 5.89. The lowest BCUT2D eigenvalue weighted by atomic mass is 10.4. The molecule has 0 aliphatic carbocycles. The number of nitrogens with zero attached hydrogens (tertiary/aromatic N) is 1. The van der Waals surface area contributed by atoms with Crippen LogP contribution in [0.1, 0.15) is 13.3 Å². The maximum atomic E-state index is 10.7. The van der Waals surface area contributed by atoms with E-state index >= 15 is 0 Å². The Morgan fingerprint density at radius 1 is 1.80 bits per heavy atom. The molecular weight excluding hydrogens is 148 g/mol. The van der Waals surface area contributed by atoms with Crippen LogP contribution in [0.15, 0.2) is 4.99 Å². The standard InChI is InChI=1S/C6H10N2OS/c1-2-10-6-7-4-3-5(9)8-6/h2-4H2,1H3,(H,7,8,9). The first kappa shape index (κ1) is 7.60. The second kappa shape index (κ2) is 3.61. The summed E-state index contributed by atoms with van der Waals surface area (Å²) < 4.78 is 0. The molecule has 0 atom stereocenters. The summed E-state index contributed by atoms with van der Waals surface area (Å²) in [7, 11) is 0. The van der Waals surface area contributed by atoms with Crippen molar-refractivity contribution in [3.05, 3.63) is 0 Å². The van der Waals surface area contributed by atoms with Gasteiger partial charge in [0.15, 0.2) is 5.17 Å². The van der Waals surface area contributed by atoms with Crippen LogP contribution in [-0.4, -0.2) is 23.4 Å². The van der Waals surface area contributed by atoms with Crippen LogP contribution in [0, 0.1) is 0 Å². The fourth-order valence-corrected chi connectivity index (χ4v) is 1.34. The summed E-state index contributed by atoms with van der Waals surface area (Å²) >= 11 is 1.57. The van der Waals surface area contributed by atoms with Gasteiger partial charge >= 0.3 is 0 Å². The summed E-state index contributed by atoms with van der Waals surface area (Å²) in [5, 5.41) is 3.47. The van der Waals surface area contributed by atoms with Crippen LogP contribution < -0.4 is 5.32 Å². The Labute approximate surface area is 64.3 Å². The van der Waals surface area contributed by atoms with E-state index in [0.717, 1.165) is 10.9 Å². The minimum atomic E-state index is 0.0888. The predicted molar refractivity (Wildman–Crippen MR) is 43.2 cm³/mol. The molecule has 1 aliphatic rings. The highest BCUT2D eigenvalue weighted by atomic mass is 32.2. The molecule has 56 valence electrons. The first-order valence-corrected chi connectivity index (χ1v) is 4.28. The van der Waals surface area contributed by atoms with Crippen molar-refractivity contribution < 1.29 is 4.79 Å².